The highest BCUT2D eigenvalue weighted by Crippen LogP contribution is 2.25. The summed E-state index contributed by atoms with van der Waals surface area (Å²) in [6.07, 6.45) is 0.818. The molecule has 3 aromatic carbocycles. The molecule has 0 aliphatic rings. The maximum absolute atomic E-state index is 11.9. The van der Waals surface area contributed by atoms with Gasteiger partial charge in [0.1, 0.15) is 5.75 Å². The standard InChI is InChI=1S/C22H23NO3/c1-16-8-5-12-19(22(24)25-2)21(16)23-14-7-15-26-20-13-6-10-17-9-3-4-11-18(17)20/h3-6,8-13,23H,7,14-15H2,1-2H3. The van der Waals surface area contributed by atoms with E-state index < -0.39 is 0 Å². The number of ether oxygens (including phenoxy) is 2. The molecule has 3 rings (SSSR count). The van der Waals surface area contributed by atoms with Crippen LogP contribution in [0.4, 0.5) is 5.69 Å². The van der Waals surface area contributed by atoms with Crippen molar-refractivity contribution in [3.8, 4) is 5.75 Å². The Bertz CT molecular complexity index is 900. The maximum Gasteiger partial charge on any atom is 0.339 e. The number of para-hydroxylation sites is 1. The van der Waals surface area contributed by atoms with Crippen molar-refractivity contribution in [3.63, 3.8) is 0 Å². The molecule has 3 aromatic rings. The molecular formula is C22H23NO3. The van der Waals surface area contributed by atoms with Crippen LogP contribution >= 0.6 is 0 Å². The van der Waals surface area contributed by atoms with Crippen molar-refractivity contribution in [3.05, 3.63) is 71.8 Å². The Hall–Kier alpha value is -3.01. The summed E-state index contributed by atoms with van der Waals surface area (Å²) in [5.74, 6) is 0.567. The number of esters is 1. The smallest absolute Gasteiger partial charge is 0.339 e. The number of benzene rings is 3. The van der Waals surface area contributed by atoms with Gasteiger partial charge in [-0.15, -0.1) is 0 Å². The van der Waals surface area contributed by atoms with Gasteiger partial charge < -0.3 is 14.8 Å². The van der Waals surface area contributed by atoms with E-state index >= 15 is 0 Å². The van der Waals surface area contributed by atoms with Gasteiger partial charge in [0.15, 0.2) is 0 Å². The predicted molar refractivity (Wildman–Crippen MR) is 105 cm³/mol. The largest absolute Gasteiger partial charge is 0.493 e. The molecule has 0 amide bonds. The summed E-state index contributed by atoms with van der Waals surface area (Å²) in [4.78, 5) is 11.9. The molecule has 0 radical (unpaired) electrons. The molecule has 0 saturated heterocycles. The molecule has 4 nitrogen and oxygen atoms in total. The van der Waals surface area contributed by atoms with Gasteiger partial charge in [-0.1, -0.05) is 48.5 Å². The number of aryl methyl sites for hydroxylation is 1. The number of nitrogens with one attached hydrogen (secondary N) is 1. The molecule has 0 atom stereocenters. The number of rotatable bonds is 7. The van der Waals surface area contributed by atoms with Gasteiger partial charge in [-0.3, -0.25) is 0 Å². The normalized spacial score (nSPS) is 10.5. The van der Waals surface area contributed by atoms with Gasteiger partial charge in [-0.2, -0.15) is 0 Å². The SMILES string of the molecule is COC(=O)c1cccc(C)c1NCCCOc1cccc2ccccc12. The molecule has 0 aliphatic heterocycles. The van der Waals surface area contributed by atoms with E-state index in [9.17, 15) is 4.79 Å². The van der Waals surface area contributed by atoms with Crippen LogP contribution in [0.5, 0.6) is 5.75 Å². The minimum Gasteiger partial charge on any atom is -0.493 e. The molecule has 4 heteroatoms. The lowest BCUT2D eigenvalue weighted by Crippen LogP contribution is -2.12. The first kappa shape index (κ1) is 17.8. The van der Waals surface area contributed by atoms with E-state index in [1.165, 1.54) is 12.5 Å². The zero-order valence-electron chi connectivity index (χ0n) is 15.1. The summed E-state index contributed by atoms with van der Waals surface area (Å²) >= 11 is 0. The zero-order chi connectivity index (χ0) is 18.4. The summed E-state index contributed by atoms with van der Waals surface area (Å²) in [5.41, 5.74) is 2.40. The Morgan fingerprint density at radius 2 is 1.77 bits per heavy atom. The Labute approximate surface area is 153 Å². The number of carbonyl (C=O) groups is 1. The third kappa shape index (κ3) is 3.97. The van der Waals surface area contributed by atoms with Crippen molar-refractivity contribution in [2.75, 3.05) is 25.6 Å². The minimum atomic E-state index is -0.330. The number of methoxy groups -OCH3 is 1. The Kier molecular flexibility index (Phi) is 5.74. The van der Waals surface area contributed by atoms with Gasteiger partial charge in [-0.05, 0) is 36.4 Å². The van der Waals surface area contributed by atoms with Gasteiger partial charge in [0.25, 0.3) is 0 Å². The Morgan fingerprint density at radius 1 is 1.00 bits per heavy atom. The quantitative estimate of drug-likeness (QED) is 0.491. The minimum absolute atomic E-state index is 0.330. The fraction of sp³-hybridized carbons (Fsp3) is 0.227. The lowest BCUT2D eigenvalue weighted by Gasteiger charge is -2.14. The fourth-order valence-electron chi connectivity index (χ4n) is 2.97. The molecule has 0 heterocycles. The number of hydrogen-bond acceptors (Lipinski definition) is 4. The van der Waals surface area contributed by atoms with Crippen molar-refractivity contribution in [1.82, 2.24) is 0 Å². The molecular weight excluding hydrogens is 326 g/mol. The fourth-order valence-corrected chi connectivity index (χ4v) is 2.97. The highest BCUT2D eigenvalue weighted by atomic mass is 16.5. The van der Waals surface area contributed by atoms with Crippen LogP contribution < -0.4 is 10.1 Å². The average Bonchev–Trinajstić information content (AvgIpc) is 2.68. The van der Waals surface area contributed by atoms with Crippen LogP contribution in [-0.4, -0.2) is 26.2 Å². The molecule has 0 unspecified atom stereocenters. The average molecular weight is 349 g/mol. The van der Waals surface area contributed by atoms with Crippen molar-refractivity contribution >= 4 is 22.4 Å². The van der Waals surface area contributed by atoms with Gasteiger partial charge >= 0.3 is 5.97 Å². The number of anilines is 1. The highest BCUT2D eigenvalue weighted by Gasteiger charge is 2.13. The zero-order valence-corrected chi connectivity index (χ0v) is 15.1. The first-order valence-electron chi connectivity index (χ1n) is 8.73. The maximum atomic E-state index is 11.9. The van der Waals surface area contributed by atoms with Crippen molar-refractivity contribution in [2.45, 2.75) is 13.3 Å². The van der Waals surface area contributed by atoms with Crippen LogP contribution in [0.2, 0.25) is 0 Å². The van der Waals surface area contributed by atoms with Crippen LogP contribution in [0, 0.1) is 6.92 Å². The monoisotopic (exact) mass is 349 g/mol. The van der Waals surface area contributed by atoms with Gasteiger partial charge in [0.2, 0.25) is 0 Å². The third-order valence-corrected chi connectivity index (χ3v) is 4.31. The van der Waals surface area contributed by atoms with Crippen LogP contribution in [0.25, 0.3) is 10.8 Å². The van der Waals surface area contributed by atoms with Crippen molar-refractivity contribution in [2.24, 2.45) is 0 Å². The van der Waals surface area contributed by atoms with Crippen LogP contribution in [0.3, 0.4) is 0 Å². The van der Waals surface area contributed by atoms with E-state index in [0.29, 0.717) is 18.7 Å². The van der Waals surface area contributed by atoms with Crippen molar-refractivity contribution < 1.29 is 14.3 Å². The summed E-state index contributed by atoms with van der Waals surface area (Å²) < 4.78 is 10.8. The number of carbonyl (C=O) groups excluding carboxylic acids is 1. The molecule has 134 valence electrons. The van der Waals surface area contributed by atoms with Crippen LogP contribution in [0.1, 0.15) is 22.3 Å². The molecule has 0 spiro atoms. The first-order chi connectivity index (χ1) is 12.7. The number of fused-ring (bicyclic) bond motifs is 1. The third-order valence-electron chi connectivity index (χ3n) is 4.31. The van der Waals surface area contributed by atoms with E-state index in [0.717, 1.165) is 28.8 Å². The molecule has 1 N–H and O–H groups in total. The summed E-state index contributed by atoms with van der Waals surface area (Å²) in [6, 6.07) is 19.9. The van der Waals surface area contributed by atoms with E-state index in [4.69, 9.17) is 9.47 Å². The van der Waals surface area contributed by atoms with Crippen molar-refractivity contribution in [1.29, 1.82) is 0 Å². The predicted octanol–water partition coefficient (Wildman–Crippen LogP) is 4.82. The second kappa shape index (κ2) is 8.39. The highest BCUT2D eigenvalue weighted by molar-refractivity contribution is 5.96. The van der Waals surface area contributed by atoms with Gasteiger partial charge in [0.05, 0.1) is 25.0 Å². The molecule has 26 heavy (non-hydrogen) atoms. The summed E-state index contributed by atoms with van der Waals surface area (Å²) in [6.45, 7) is 3.28. The van der Waals surface area contributed by atoms with Gasteiger partial charge in [0, 0.05) is 11.9 Å². The van der Waals surface area contributed by atoms with E-state index in [1.54, 1.807) is 6.07 Å². The van der Waals surface area contributed by atoms with Gasteiger partial charge in [-0.25, -0.2) is 4.79 Å². The van der Waals surface area contributed by atoms with Crippen LogP contribution in [0.15, 0.2) is 60.7 Å². The lowest BCUT2D eigenvalue weighted by molar-refractivity contribution is 0.0601. The molecule has 0 saturated carbocycles. The topological polar surface area (TPSA) is 47.6 Å². The molecule has 0 bridgehead atoms. The van der Waals surface area contributed by atoms with E-state index in [-0.39, 0.29) is 5.97 Å². The van der Waals surface area contributed by atoms with E-state index in [2.05, 4.69) is 23.5 Å². The first-order valence-corrected chi connectivity index (χ1v) is 8.73. The molecule has 0 aliphatic carbocycles. The Morgan fingerprint density at radius 3 is 2.62 bits per heavy atom. The summed E-state index contributed by atoms with van der Waals surface area (Å²) in [7, 11) is 1.40. The number of hydrogen-bond donors (Lipinski definition) is 1. The lowest BCUT2D eigenvalue weighted by atomic mass is 10.1. The second-order valence-corrected chi connectivity index (χ2v) is 6.10. The molecule has 0 aromatic heterocycles. The van der Waals surface area contributed by atoms with Crippen LogP contribution in [-0.2, 0) is 4.74 Å². The summed E-state index contributed by atoms with van der Waals surface area (Å²) in [5, 5.41) is 5.63. The Balaban J connectivity index is 1.57. The molecule has 0 fully saturated rings. The van der Waals surface area contributed by atoms with E-state index in [1.807, 2.05) is 43.3 Å². The second-order valence-electron chi connectivity index (χ2n) is 6.10.